The maximum absolute atomic E-state index is 11.4. The molecular formula is C9H18N2O. The molecule has 0 saturated carbocycles. The largest absolute Gasteiger partial charge is 0.355 e. The van der Waals surface area contributed by atoms with Crippen molar-refractivity contribution in [3.8, 4) is 0 Å². The molecule has 0 aromatic carbocycles. The lowest BCUT2D eigenvalue weighted by Crippen LogP contribution is -2.45. The van der Waals surface area contributed by atoms with E-state index >= 15 is 0 Å². The minimum absolute atomic E-state index is 0.0255. The Morgan fingerprint density at radius 1 is 1.58 bits per heavy atom. The van der Waals surface area contributed by atoms with Gasteiger partial charge in [0.05, 0.1) is 6.04 Å². The standard InChI is InChI=1S/C9H18N2O/c1-3-7(2)8-9(12)11-6-4-5-10-8/h7-8,10H,3-6H2,1-2H3,(H,11,12)/t7-,8-/m0/s1. The Bertz CT molecular complexity index is 159. The fourth-order valence-corrected chi connectivity index (χ4v) is 1.46. The van der Waals surface area contributed by atoms with Crippen LogP contribution in [0, 0.1) is 5.92 Å². The summed E-state index contributed by atoms with van der Waals surface area (Å²) in [6.07, 6.45) is 2.09. The smallest absolute Gasteiger partial charge is 0.237 e. The van der Waals surface area contributed by atoms with E-state index in [0.29, 0.717) is 5.92 Å². The van der Waals surface area contributed by atoms with Gasteiger partial charge in [0.15, 0.2) is 0 Å². The van der Waals surface area contributed by atoms with Gasteiger partial charge in [-0.25, -0.2) is 0 Å². The van der Waals surface area contributed by atoms with Crippen LogP contribution in [0.1, 0.15) is 26.7 Å². The lowest BCUT2D eigenvalue weighted by atomic mass is 9.99. The molecule has 1 rings (SSSR count). The molecule has 3 nitrogen and oxygen atoms in total. The minimum atomic E-state index is 0.0255. The topological polar surface area (TPSA) is 41.1 Å². The minimum Gasteiger partial charge on any atom is -0.355 e. The first-order chi connectivity index (χ1) is 5.75. The zero-order valence-corrected chi connectivity index (χ0v) is 7.89. The average Bonchev–Trinajstić information content (AvgIpc) is 2.28. The van der Waals surface area contributed by atoms with Crippen molar-refractivity contribution in [2.75, 3.05) is 13.1 Å². The van der Waals surface area contributed by atoms with Gasteiger partial charge in [-0.3, -0.25) is 4.79 Å². The molecule has 3 heteroatoms. The van der Waals surface area contributed by atoms with Crippen LogP contribution in [-0.2, 0) is 4.79 Å². The third-order valence-corrected chi connectivity index (χ3v) is 2.51. The van der Waals surface area contributed by atoms with E-state index in [1.54, 1.807) is 0 Å². The molecule has 1 aliphatic heterocycles. The molecule has 1 amide bonds. The van der Waals surface area contributed by atoms with E-state index in [1.807, 2.05) is 0 Å². The normalized spacial score (nSPS) is 27.5. The van der Waals surface area contributed by atoms with E-state index in [2.05, 4.69) is 24.5 Å². The second-order valence-corrected chi connectivity index (χ2v) is 3.46. The van der Waals surface area contributed by atoms with Crippen LogP contribution < -0.4 is 10.6 Å². The van der Waals surface area contributed by atoms with Crippen molar-refractivity contribution in [2.45, 2.75) is 32.7 Å². The van der Waals surface area contributed by atoms with E-state index in [4.69, 9.17) is 0 Å². The molecule has 1 fully saturated rings. The van der Waals surface area contributed by atoms with E-state index < -0.39 is 0 Å². The molecule has 0 aromatic rings. The molecule has 0 radical (unpaired) electrons. The van der Waals surface area contributed by atoms with Gasteiger partial charge in [-0.05, 0) is 18.9 Å². The Morgan fingerprint density at radius 3 is 3.00 bits per heavy atom. The van der Waals surface area contributed by atoms with Crippen molar-refractivity contribution in [1.29, 1.82) is 0 Å². The monoisotopic (exact) mass is 170 g/mol. The molecule has 2 N–H and O–H groups in total. The second-order valence-electron chi connectivity index (χ2n) is 3.46. The molecule has 0 spiro atoms. The van der Waals surface area contributed by atoms with Crippen molar-refractivity contribution in [3.63, 3.8) is 0 Å². The molecule has 2 atom stereocenters. The molecule has 0 aromatic heterocycles. The molecule has 1 saturated heterocycles. The molecule has 0 unspecified atom stereocenters. The fourth-order valence-electron chi connectivity index (χ4n) is 1.46. The van der Waals surface area contributed by atoms with Crippen molar-refractivity contribution >= 4 is 5.91 Å². The van der Waals surface area contributed by atoms with Gasteiger partial charge in [-0.1, -0.05) is 20.3 Å². The van der Waals surface area contributed by atoms with Gasteiger partial charge >= 0.3 is 0 Å². The third kappa shape index (κ3) is 2.21. The van der Waals surface area contributed by atoms with Crippen LogP contribution in [-0.4, -0.2) is 25.0 Å². The lowest BCUT2D eigenvalue weighted by Gasteiger charge is -2.20. The van der Waals surface area contributed by atoms with Gasteiger partial charge in [0, 0.05) is 6.54 Å². The summed E-state index contributed by atoms with van der Waals surface area (Å²) in [5, 5.41) is 6.18. The molecular weight excluding hydrogens is 152 g/mol. The zero-order chi connectivity index (χ0) is 8.97. The summed E-state index contributed by atoms with van der Waals surface area (Å²) in [4.78, 5) is 11.4. The summed E-state index contributed by atoms with van der Waals surface area (Å²) < 4.78 is 0. The van der Waals surface area contributed by atoms with Crippen molar-refractivity contribution in [3.05, 3.63) is 0 Å². The molecule has 0 bridgehead atoms. The van der Waals surface area contributed by atoms with Gasteiger partial charge in [0.25, 0.3) is 0 Å². The highest BCUT2D eigenvalue weighted by atomic mass is 16.2. The SMILES string of the molecule is CC[C@H](C)[C@@H]1NCCCNC1=O. The number of carbonyl (C=O) groups excluding carboxylic acids is 1. The van der Waals surface area contributed by atoms with Gasteiger partial charge < -0.3 is 10.6 Å². The summed E-state index contributed by atoms with van der Waals surface area (Å²) in [7, 11) is 0. The van der Waals surface area contributed by atoms with Crippen LogP contribution in [0.3, 0.4) is 0 Å². The fraction of sp³-hybridized carbons (Fsp3) is 0.889. The van der Waals surface area contributed by atoms with Crippen molar-refractivity contribution in [1.82, 2.24) is 10.6 Å². The first-order valence-corrected chi connectivity index (χ1v) is 4.76. The Hall–Kier alpha value is -0.570. The van der Waals surface area contributed by atoms with E-state index in [-0.39, 0.29) is 11.9 Å². The van der Waals surface area contributed by atoms with E-state index in [1.165, 1.54) is 0 Å². The van der Waals surface area contributed by atoms with Crippen LogP contribution in [0.15, 0.2) is 0 Å². The van der Waals surface area contributed by atoms with E-state index in [9.17, 15) is 4.79 Å². The van der Waals surface area contributed by atoms with Gasteiger partial charge in [-0.15, -0.1) is 0 Å². The molecule has 70 valence electrons. The summed E-state index contributed by atoms with van der Waals surface area (Å²) in [5.74, 6) is 0.602. The number of amides is 1. The highest BCUT2D eigenvalue weighted by molar-refractivity contribution is 5.82. The van der Waals surface area contributed by atoms with Gasteiger partial charge in [-0.2, -0.15) is 0 Å². The summed E-state index contributed by atoms with van der Waals surface area (Å²) in [6.45, 7) is 6.00. The first kappa shape index (κ1) is 9.52. The van der Waals surface area contributed by atoms with Crippen LogP contribution in [0.25, 0.3) is 0 Å². The third-order valence-electron chi connectivity index (χ3n) is 2.51. The van der Waals surface area contributed by atoms with Gasteiger partial charge in [0.2, 0.25) is 5.91 Å². The first-order valence-electron chi connectivity index (χ1n) is 4.76. The highest BCUT2D eigenvalue weighted by Gasteiger charge is 2.24. The quantitative estimate of drug-likeness (QED) is 0.634. The van der Waals surface area contributed by atoms with E-state index in [0.717, 1.165) is 25.9 Å². The Labute approximate surface area is 73.9 Å². The summed E-state index contributed by atoms with van der Waals surface area (Å²) in [6, 6.07) is 0.0255. The number of nitrogens with one attached hydrogen (secondary N) is 2. The van der Waals surface area contributed by atoms with Crippen molar-refractivity contribution in [2.24, 2.45) is 5.92 Å². The molecule has 1 aliphatic rings. The van der Waals surface area contributed by atoms with Crippen LogP contribution in [0.4, 0.5) is 0 Å². The number of rotatable bonds is 2. The van der Waals surface area contributed by atoms with Crippen molar-refractivity contribution < 1.29 is 4.79 Å². The summed E-state index contributed by atoms with van der Waals surface area (Å²) in [5.41, 5.74) is 0. The van der Waals surface area contributed by atoms with Crippen LogP contribution >= 0.6 is 0 Å². The Kier molecular flexibility index (Phi) is 3.53. The van der Waals surface area contributed by atoms with Crippen LogP contribution in [0.5, 0.6) is 0 Å². The van der Waals surface area contributed by atoms with Gasteiger partial charge in [0.1, 0.15) is 0 Å². The Morgan fingerprint density at radius 2 is 2.33 bits per heavy atom. The molecule has 0 aliphatic carbocycles. The zero-order valence-electron chi connectivity index (χ0n) is 7.89. The predicted octanol–water partition coefficient (Wildman–Crippen LogP) is 0.511. The number of carbonyl (C=O) groups is 1. The van der Waals surface area contributed by atoms with Crippen LogP contribution in [0.2, 0.25) is 0 Å². The number of hydrogen-bond acceptors (Lipinski definition) is 2. The maximum Gasteiger partial charge on any atom is 0.237 e. The maximum atomic E-state index is 11.4. The number of hydrogen-bond donors (Lipinski definition) is 2. The predicted molar refractivity (Wildman–Crippen MR) is 48.9 cm³/mol. The second kappa shape index (κ2) is 4.45. The highest BCUT2D eigenvalue weighted by Crippen LogP contribution is 2.08. The average molecular weight is 170 g/mol. The Balaban J connectivity index is 2.52. The lowest BCUT2D eigenvalue weighted by molar-refractivity contribution is -0.123. The molecule has 12 heavy (non-hydrogen) atoms. The molecule has 1 heterocycles. The summed E-state index contributed by atoms with van der Waals surface area (Å²) >= 11 is 0.